The van der Waals surface area contributed by atoms with E-state index < -0.39 is 18.7 Å². The van der Waals surface area contributed by atoms with Crippen molar-refractivity contribution >= 4 is 5.82 Å². The predicted octanol–water partition coefficient (Wildman–Crippen LogP) is 3.57. The maximum absolute atomic E-state index is 13.1. The van der Waals surface area contributed by atoms with Crippen molar-refractivity contribution in [3.05, 3.63) is 17.8 Å². The molecule has 3 nitrogen and oxygen atoms in total. The molecule has 1 aliphatic heterocycles. The lowest BCUT2D eigenvalue weighted by atomic mass is 10.1. The largest absolute Gasteiger partial charge is 0.482 e. The van der Waals surface area contributed by atoms with Crippen LogP contribution in [0.5, 0.6) is 5.75 Å². The van der Waals surface area contributed by atoms with Crippen molar-refractivity contribution < 1.29 is 26.7 Å². The van der Waals surface area contributed by atoms with Gasteiger partial charge >= 0.3 is 6.18 Å². The number of halogens is 5. The number of aromatic nitrogens is 1. The van der Waals surface area contributed by atoms with Gasteiger partial charge in [-0.15, -0.1) is 0 Å². The molecule has 1 fully saturated rings. The van der Waals surface area contributed by atoms with Crippen molar-refractivity contribution in [3.63, 3.8) is 0 Å². The maximum atomic E-state index is 13.1. The molecule has 0 N–H and O–H groups in total. The number of rotatable bonds is 3. The fourth-order valence-corrected chi connectivity index (χ4v) is 2.09. The van der Waals surface area contributed by atoms with Gasteiger partial charge in [-0.25, -0.2) is 13.8 Å². The van der Waals surface area contributed by atoms with Crippen LogP contribution in [0.2, 0.25) is 0 Å². The molecule has 0 radical (unpaired) electrons. The smallest absolute Gasteiger partial charge is 0.422 e. The summed E-state index contributed by atoms with van der Waals surface area (Å²) >= 11 is 0. The molecule has 0 atom stereocenters. The predicted molar refractivity (Wildman–Crippen MR) is 66.9 cm³/mol. The number of anilines is 1. The quantitative estimate of drug-likeness (QED) is 0.798. The summed E-state index contributed by atoms with van der Waals surface area (Å²) in [6, 6.07) is 2.87. The highest BCUT2D eigenvalue weighted by molar-refractivity contribution is 5.44. The number of hydrogen-bond acceptors (Lipinski definition) is 3. The van der Waals surface area contributed by atoms with Gasteiger partial charge in [-0.3, -0.25) is 0 Å². The van der Waals surface area contributed by atoms with Crippen LogP contribution < -0.4 is 9.64 Å². The van der Waals surface area contributed by atoms with Crippen molar-refractivity contribution in [1.82, 2.24) is 4.98 Å². The van der Waals surface area contributed by atoms with Crippen LogP contribution in [0, 0.1) is 6.92 Å². The summed E-state index contributed by atoms with van der Waals surface area (Å²) in [5.41, 5.74) is 0.300. The second-order valence-corrected chi connectivity index (χ2v) is 5.00. The van der Waals surface area contributed by atoms with Crippen LogP contribution in [0.25, 0.3) is 0 Å². The Morgan fingerprint density at radius 2 is 1.86 bits per heavy atom. The minimum absolute atomic E-state index is 0.0402. The zero-order chi connectivity index (χ0) is 15.7. The molecule has 2 heterocycles. The molecule has 0 saturated carbocycles. The van der Waals surface area contributed by atoms with Gasteiger partial charge < -0.3 is 9.64 Å². The summed E-state index contributed by atoms with van der Waals surface area (Å²) < 4.78 is 67.1. The molecule has 0 bridgehead atoms. The molecule has 8 heteroatoms. The van der Waals surface area contributed by atoms with E-state index in [1.165, 1.54) is 19.1 Å². The number of aryl methyl sites for hydroxylation is 1. The minimum Gasteiger partial charge on any atom is -0.482 e. The summed E-state index contributed by atoms with van der Waals surface area (Å²) in [5.74, 6) is -2.14. The summed E-state index contributed by atoms with van der Waals surface area (Å²) in [6.45, 7) is 0.475. The Morgan fingerprint density at radius 1 is 1.24 bits per heavy atom. The first-order valence-electron chi connectivity index (χ1n) is 6.46. The molecule has 1 aliphatic rings. The van der Waals surface area contributed by atoms with Crippen LogP contribution in [0.4, 0.5) is 27.8 Å². The highest BCUT2D eigenvalue weighted by Gasteiger charge is 2.34. The van der Waals surface area contributed by atoms with Gasteiger partial charge in [-0.05, 0) is 19.1 Å². The molecule has 0 aliphatic carbocycles. The van der Waals surface area contributed by atoms with E-state index in [2.05, 4.69) is 9.72 Å². The molecular weight excluding hydrogens is 295 g/mol. The number of hydrogen-bond donors (Lipinski definition) is 0. The van der Waals surface area contributed by atoms with E-state index in [9.17, 15) is 22.0 Å². The second-order valence-electron chi connectivity index (χ2n) is 5.00. The number of pyridine rings is 1. The normalized spacial score (nSPS) is 18.7. The van der Waals surface area contributed by atoms with E-state index in [4.69, 9.17) is 0 Å². The van der Waals surface area contributed by atoms with Crippen LogP contribution in [0.15, 0.2) is 12.1 Å². The SMILES string of the molecule is Cc1nc(N2CCC(F)(F)CC2)ccc1OCC(F)(F)F. The third-order valence-corrected chi connectivity index (χ3v) is 3.23. The van der Waals surface area contributed by atoms with Crippen molar-refractivity contribution in [1.29, 1.82) is 0 Å². The van der Waals surface area contributed by atoms with Gasteiger partial charge in [0.1, 0.15) is 11.6 Å². The highest BCUT2D eigenvalue weighted by Crippen LogP contribution is 2.31. The van der Waals surface area contributed by atoms with Gasteiger partial charge in [0.25, 0.3) is 5.92 Å². The van der Waals surface area contributed by atoms with Crippen LogP contribution in [-0.4, -0.2) is 36.8 Å². The van der Waals surface area contributed by atoms with Gasteiger partial charge in [-0.1, -0.05) is 0 Å². The topological polar surface area (TPSA) is 25.4 Å². The molecule has 0 amide bonds. The van der Waals surface area contributed by atoms with E-state index in [1.807, 2.05) is 0 Å². The number of piperidine rings is 1. The zero-order valence-electron chi connectivity index (χ0n) is 11.4. The molecule has 1 aromatic rings. The van der Waals surface area contributed by atoms with Crippen LogP contribution in [0.1, 0.15) is 18.5 Å². The Balaban J connectivity index is 2.02. The second kappa shape index (κ2) is 5.65. The lowest BCUT2D eigenvalue weighted by molar-refractivity contribution is -0.153. The molecular formula is C13H15F5N2O. The Hall–Kier alpha value is -1.60. The third-order valence-electron chi connectivity index (χ3n) is 3.23. The fourth-order valence-electron chi connectivity index (χ4n) is 2.09. The number of ether oxygens (including phenoxy) is 1. The molecule has 0 spiro atoms. The summed E-state index contributed by atoms with van der Waals surface area (Å²) in [7, 11) is 0. The van der Waals surface area contributed by atoms with Crippen molar-refractivity contribution in [2.24, 2.45) is 0 Å². The van der Waals surface area contributed by atoms with Gasteiger partial charge in [0, 0.05) is 25.9 Å². The highest BCUT2D eigenvalue weighted by atomic mass is 19.4. The van der Waals surface area contributed by atoms with E-state index in [-0.39, 0.29) is 31.7 Å². The molecule has 1 saturated heterocycles. The Labute approximate surface area is 118 Å². The monoisotopic (exact) mass is 310 g/mol. The van der Waals surface area contributed by atoms with Gasteiger partial charge in [0.2, 0.25) is 0 Å². The molecule has 0 unspecified atom stereocenters. The minimum atomic E-state index is -4.41. The maximum Gasteiger partial charge on any atom is 0.422 e. The van der Waals surface area contributed by atoms with Crippen LogP contribution in [-0.2, 0) is 0 Å². The summed E-state index contributed by atoms with van der Waals surface area (Å²) in [6.07, 6.45) is -4.91. The van der Waals surface area contributed by atoms with Crippen LogP contribution in [0.3, 0.4) is 0 Å². The van der Waals surface area contributed by atoms with E-state index in [1.54, 1.807) is 4.90 Å². The molecule has 1 aromatic heterocycles. The average molecular weight is 310 g/mol. The molecule has 118 valence electrons. The Bertz CT molecular complexity index is 494. The first-order valence-corrected chi connectivity index (χ1v) is 6.46. The van der Waals surface area contributed by atoms with Gasteiger partial charge in [0.05, 0.1) is 5.69 Å². The standard InChI is InChI=1S/C13H15F5N2O/c1-9-10(21-8-13(16,17)18)2-3-11(19-9)20-6-4-12(14,15)5-7-20/h2-3H,4-8H2,1H3. The Morgan fingerprint density at radius 3 is 2.38 bits per heavy atom. The number of nitrogens with zero attached hydrogens (tertiary/aromatic N) is 2. The number of alkyl halides is 5. The lowest BCUT2D eigenvalue weighted by Crippen LogP contribution is -2.39. The first-order chi connectivity index (χ1) is 9.66. The third kappa shape index (κ3) is 4.44. The van der Waals surface area contributed by atoms with Gasteiger partial charge in [-0.2, -0.15) is 13.2 Å². The molecule has 21 heavy (non-hydrogen) atoms. The zero-order valence-corrected chi connectivity index (χ0v) is 11.4. The van der Waals surface area contributed by atoms with Crippen molar-refractivity contribution in [2.75, 3.05) is 24.6 Å². The van der Waals surface area contributed by atoms with E-state index in [0.29, 0.717) is 11.5 Å². The lowest BCUT2D eigenvalue weighted by Gasteiger charge is -2.32. The first kappa shape index (κ1) is 15.8. The average Bonchev–Trinajstić information content (AvgIpc) is 2.36. The van der Waals surface area contributed by atoms with Crippen LogP contribution >= 0.6 is 0 Å². The van der Waals surface area contributed by atoms with E-state index in [0.717, 1.165) is 0 Å². The summed E-state index contributed by atoms with van der Waals surface area (Å²) in [5, 5.41) is 0. The van der Waals surface area contributed by atoms with Gasteiger partial charge in [0.15, 0.2) is 6.61 Å². The fraction of sp³-hybridized carbons (Fsp3) is 0.615. The molecule has 0 aromatic carbocycles. The summed E-state index contributed by atoms with van der Waals surface area (Å²) in [4.78, 5) is 5.83. The van der Waals surface area contributed by atoms with Crippen molar-refractivity contribution in [3.8, 4) is 5.75 Å². The van der Waals surface area contributed by atoms with E-state index >= 15 is 0 Å². The van der Waals surface area contributed by atoms with Crippen molar-refractivity contribution in [2.45, 2.75) is 31.9 Å². The Kier molecular flexibility index (Phi) is 4.25. The molecule has 2 rings (SSSR count).